The Hall–Kier alpha value is -1.43. The number of ether oxygens (including phenoxy) is 1. The number of aromatic nitrogens is 2. The van der Waals surface area contributed by atoms with Gasteiger partial charge in [0.25, 0.3) is 0 Å². The van der Waals surface area contributed by atoms with Crippen molar-refractivity contribution in [3.63, 3.8) is 0 Å². The van der Waals surface area contributed by atoms with Crippen LogP contribution in [0, 0.1) is 6.92 Å². The van der Waals surface area contributed by atoms with Crippen LogP contribution in [0.3, 0.4) is 0 Å². The van der Waals surface area contributed by atoms with E-state index in [0.29, 0.717) is 19.8 Å². The molecule has 0 radical (unpaired) electrons. The number of nitrogens with one attached hydrogen (secondary N) is 1. The molecule has 0 bridgehead atoms. The highest BCUT2D eigenvalue weighted by Crippen LogP contribution is 2.11. The third-order valence-electron chi connectivity index (χ3n) is 2.56. The van der Waals surface area contributed by atoms with Crippen LogP contribution in [0.2, 0.25) is 0 Å². The number of hydrogen-bond acceptors (Lipinski definition) is 4. The van der Waals surface area contributed by atoms with Crippen molar-refractivity contribution in [3.05, 3.63) is 35.8 Å². The van der Waals surface area contributed by atoms with Crippen molar-refractivity contribution in [2.75, 3.05) is 20.3 Å². The first-order valence-corrected chi connectivity index (χ1v) is 5.59. The fourth-order valence-corrected chi connectivity index (χ4v) is 1.69. The highest BCUT2D eigenvalue weighted by molar-refractivity contribution is 5.42. The molecular weight excluding hydrogens is 218 g/mol. The van der Waals surface area contributed by atoms with Crippen LogP contribution < -0.4 is 5.48 Å². The first-order chi connectivity index (χ1) is 8.33. The molecule has 0 aliphatic heterocycles. The molecule has 0 atom stereocenters. The fraction of sp³-hybridized carbons (Fsp3) is 0.417. The van der Waals surface area contributed by atoms with Crippen molar-refractivity contribution in [2.45, 2.75) is 13.5 Å². The molecule has 0 fully saturated rings. The number of hydroxylamine groups is 1. The lowest BCUT2D eigenvalue weighted by molar-refractivity contribution is 0.00282. The van der Waals surface area contributed by atoms with Crippen molar-refractivity contribution >= 4 is 5.65 Å². The highest BCUT2D eigenvalue weighted by atomic mass is 16.7. The minimum Gasteiger partial charge on any atom is -0.382 e. The molecule has 0 unspecified atom stereocenters. The largest absolute Gasteiger partial charge is 0.382 e. The molecule has 0 spiro atoms. The number of pyridine rings is 1. The van der Waals surface area contributed by atoms with Crippen LogP contribution in [-0.2, 0) is 16.1 Å². The fourth-order valence-electron chi connectivity index (χ4n) is 1.69. The molecule has 2 heterocycles. The van der Waals surface area contributed by atoms with Crippen molar-refractivity contribution < 1.29 is 9.57 Å². The maximum absolute atomic E-state index is 5.24. The normalized spacial score (nSPS) is 11.2. The maximum atomic E-state index is 5.24. The van der Waals surface area contributed by atoms with Crippen LogP contribution in [0.4, 0.5) is 0 Å². The van der Waals surface area contributed by atoms with Gasteiger partial charge in [-0.25, -0.2) is 4.98 Å². The average molecular weight is 235 g/mol. The van der Waals surface area contributed by atoms with Crippen LogP contribution in [0.25, 0.3) is 5.65 Å². The Labute approximate surface area is 100 Å². The van der Waals surface area contributed by atoms with Crippen LogP contribution in [0.5, 0.6) is 0 Å². The Bertz CT molecular complexity index is 482. The van der Waals surface area contributed by atoms with Crippen molar-refractivity contribution in [3.8, 4) is 0 Å². The van der Waals surface area contributed by atoms with Crippen LogP contribution in [-0.4, -0.2) is 29.7 Å². The summed E-state index contributed by atoms with van der Waals surface area (Å²) in [7, 11) is 1.65. The number of hydrogen-bond donors (Lipinski definition) is 1. The van der Waals surface area contributed by atoms with E-state index in [4.69, 9.17) is 9.57 Å². The molecule has 5 nitrogen and oxygen atoms in total. The van der Waals surface area contributed by atoms with Gasteiger partial charge in [0.15, 0.2) is 0 Å². The highest BCUT2D eigenvalue weighted by Gasteiger charge is 2.06. The molecule has 0 amide bonds. The number of imidazole rings is 1. The lowest BCUT2D eigenvalue weighted by Gasteiger charge is -2.06. The standard InChI is InChI=1S/C12H17N3O2/c1-10-11(9-13-17-8-7-16-2)15-6-4-3-5-12(15)14-10/h3-6,13H,7-9H2,1-2H3. The summed E-state index contributed by atoms with van der Waals surface area (Å²) < 4.78 is 6.95. The number of rotatable bonds is 6. The monoisotopic (exact) mass is 235 g/mol. The van der Waals surface area contributed by atoms with Crippen LogP contribution >= 0.6 is 0 Å². The van der Waals surface area contributed by atoms with E-state index in [0.717, 1.165) is 17.0 Å². The molecule has 0 aromatic carbocycles. The molecule has 2 aromatic heterocycles. The maximum Gasteiger partial charge on any atom is 0.137 e. The number of methoxy groups -OCH3 is 1. The zero-order valence-corrected chi connectivity index (χ0v) is 10.1. The van der Waals surface area contributed by atoms with E-state index in [2.05, 4.69) is 14.9 Å². The Morgan fingerprint density at radius 3 is 3.06 bits per heavy atom. The van der Waals surface area contributed by atoms with Crippen molar-refractivity contribution in [1.82, 2.24) is 14.9 Å². The summed E-state index contributed by atoms with van der Waals surface area (Å²) in [5.74, 6) is 0. The summed E-state index contributed by atoms with van der Waals surface area (Å²) in [6.45, 7) is 3.74. The van der Waals surface area contributed by atoms with E-state index in [1.54, 1.807) is 7.11 Å². The van der Waals surface area contributed by atoms with E-state index < -0.39 is 0 Å². The SMILES string of the molecule is COCCONCc1c(C)nc2ccccn12. The van der Waals surface area contributed by atoms with Gasteiger partial charge in [-0.15, -0.1) is 0 Å². The molecule has 1 N–H and O–H groups in total. The molecule has 0 saturated heterocycles. The molecule has 0 saturated carbocycles. The molecule has 2 rings (SSSR count). The van der Waals surface area contributed by atoms with E-state index in [-0.39, 0.29) is 0 Å². The van der Waals surface area contributed by atoms with Gasteiger partial charge in [0.1, 0.15) is 5.65 Å². The van der Waals surface area contributed by atoms with Crippen molar-refractivity contribution in [2.24, 2.45) is 0 Å². The van der Waals surface area contributed by atoms with E-state index >= 15 is 0 Å². The minimum atomic E-state index is 0.534. The molecule has 2 aromatic rings. The first-order valence-electron chi connectivity index (χ1n) is 5.59. The van der Waals surface area contributed by atoms with Crippen LogP contribution in [0.1, 0.15) is 11.4 Å². The summed E-state index contributed by atoms with van der Waals surface area (Å²) in [6.07, 6.45) is 2.00. The van der Waals surface area contributed by atoms with Gasteiger partial charge in [-0.1, -0.05) is 6.07 Å². The summed E-state index contributed by atoms with van der Waals surface area (Å²) >= 11 is 0. The summed E-state index contributed by atoms with van der Waals surface area (Å²) in [4.78, 5) is 9.71. The lowest BCUT2D eigenvalue weighted by atomic mass is 10.3. The third kappa shape index (κ3) is 2.82. The second-order valence-corrected chi connectivity index (χ2v) is 3.74. The lowest BCUT2D eigenvalue weighted by Crippen LogP contribution is -2.18. The Morgan fingerprint density at radius 1 is 1.35 bits per heavy atom. The Morgan fingerprint density at radius 2 is 2.24 bits per heavy atom. The number of nitrogens with zero attached hydrogens (tertiary/aromatic N) is 2. The summed E-state index contributed by atoms with van der Waals surface area (Å²) in [5.41, 5.74) is 5.99. The molecular formula is C12H17N3O2. The van der Waals surface area contributed by atoms with Crippen LogP contribution in [0.15, 0.2) is 24.4 Å². The summed E-state index contributed by atoms with van der Waals surface area (Å²) in [6, 6.07) is 5.96. The minimum absolute atomic E-state index is 0.534. The van der Waals surface area contributed by atoms with E-state index in [9.17, 15) is 0 Å². The quantitative estimate of drug-likeness (QED) is 0.606. The zero-order valence-electron chi connectivity index (χ0n) is 10.1. The number of fused-ring (bicyclic) bond motifs is 1. The van der Waals surface area contributed by atoms with Gasteiger partial charge in [-0.2, -0.15) is 5.48 Å². The van der Waals surface area contributed by atoms with Gasteiger partial charge in [-0.05, 0) is 19.1 Å². The predicted molar refractivity (Wildman–Crippen MR) is 64.6 cm³/mol. The topological polar surface area (TPSA) is 47.8 Å². The molecule has 0 aliphatic rings. The van der Waals surface area contributed by atoms with E-state index in [1.807, 2.05) is 31.3 Å². The second-order valence-electron chi connectivity index (χ2n) is 3.74. The van der Waals surface area contributed by atoms with Gasteiger partial charge in [0.05, 0.1) is 31.1 Å². The van der Waals surface area contributed by atoms with Gasteiger partial charge < -0.3 is 9.14 Å². The molecule has 0 aliphatic carbocycles. The Kier molecular flexibility index (Phi) is 4.08. The van der Waals surface area contributed by atoms with Gasteiger partial charge in [0, 0.05) is 13.3 Å². The predicted octanol–water partition coefficient (Wildman–Crippen LogP) is 1.31. The smallest absolute Gasteiger partial charge is 0.137 e. The van der Waals surface area contributed by atoms with Crippen molar-refractivity contribution in [1.29, 1.82) is 0 Å². The molecule has 17 heavy (non-hydrogen) atoms. The summed E-state index contributed by atoms with van der Waals surface area (Å²) in [5, 5.41) is 0. The first kappa shape index (κ1) is 12.0. The van der Waals surface area contributed by atoms with Gasteiger partial charge in [-0.3, -0.25) is 4.84 Å². The Balaban J connectivity index is 2.00. The second kappa shape index (κ2) is 5.77. The average Bonchev–Trinajstić information content (AvgIpc) is 2.65. The molecule has 5 heteroatoms. The molecule has 92 valence electrons. The third-order valence-corrected chi connectivity index (χ3v) is 2.56. The van der Waals surface area contributed by atoms with Gasteiger partial charge in [0.2, 0.25) is 0 Å². The zero-order chi connectivity index (χ0) is 12.1. The number of aryl methyl sites for hydroxylation is 1. The van der Waals surface area contributed by atoms with Gasteiger partial charge >= 0.3 is 0 Å². The van der Waals surface area contributed by atoms with E-state index in [1.165, 1.54) is 0 Å².